The molecule has 8 heteroatoms. The molecular weight excluding hydrogens is 488 g/mol. The first-order valence-electron chi connectivity index (χ1n) is 12.1. The van der Waals surface area contributed by atoms with Gasteiger partial charge in [0.25, 0.3) is 0 Å². The lowest BCUT2D eigenvalue weighted by atomic mass is 9.75. The second-order valence-electron chi connectivity index (χ2n) is 9.54. The van der Waals surface area contributed by atoms with Crippen molar-refractivity contribution in [1.82, 2.24) is 0 Å². The first-order valence-corrected chi connectivity index (χ1v) is 12.1. The summed E-state index contributed by atoms with van der Waals surface area (Å²) < 4.78 is 0. The molecule has 0 spiro atoms. The Morgan fingerprint density at radius 2 is 0.895 bits per heavy atom. The van der Waals surface area contributed by atoms with Crippen LogP contribution >= 0.6 is 0 Å². The van der Waals surface area contributed by atoms with E-state index in [4.69, 9.17) is 0 Å². The van der Waals surface area contributed by atoms with Crippen LogP contribution in [0.1, 0.15) is 34.6 Å². The molecule has 0 unspecified atom stereocenters. The summed E-state index contributed by atoms with van der Waals surface area (Å²) in [5.74, 6) is -3.07. The molecule has 38 heavy (non-hydrogen) atoms. The van der Waals surface area contributed by atoms with E-state index in [1.165, 1.54) is 24.3 Å². The van der Waals surface area contributed by atoms with E-state index in [9.17, 15) is 40.9 Å². The van der Waals surface area contributed by atoms with E-state index in [0.717, 1.165) is 11.1 Å². The number of aryl methyl sites for hydroxylation is 1. The second-order valence-corrected chi connectivity index (χ2v) is 9.54. The van der Waals surface area contributed by atoms with Gasteiger partial charge in [-0.3, -0.25) is 0 Å². The van der Waals surface area contributed by atoms with Crippen LogP contribution in [0.2, 0.25) is 0 Å². The van der Waals surface area contributed by atoms with E-state index in [2.05, 4.69) is 0 Å². The molecule has 0 saturated carbocycles. The molecule has 0 aliphatic rings. The average molecular weight is 519 g/mol. The van der Waals surface area contributed by atoms with Crippen molar-refractivity contribution in [2.75, 3.05) is 0 Å². The maximum atomic E-state index is 10.1. The molecular formula is C30H30O8. The van der Waals surface area contributed by atoms with E-state index in [1.807, 2.05) is 12.1 Å². The summed E-state index contributed by atoms with van der Waals surface area (Å²) in [5, 5.41) is 79.5. The Hall–Kier alpha value is -4.72. The van der Waals surface area contributed by atoms with Gasteiger partial charge < -0.3 is 40.9 Å². The van der Waals surface area contributed by atoms with Crippen LogP contribution in [-0.2, 0) is 19.3 Å². The van der Waals surface area contributed by atoms with Crippen LogP contribution < -0.4 is 0 Å². The zero-order valence-corrected chi connectivity index (χ0v) is 20.5. The Labute approximate surface area is 219 Å². The number of rotatable bonds is 9. The fourth-order valence-corrected chi connectivity index (χ4v) is 4.85. The fraction of sp³-hybridized carbons (Fsp3) is 0.200. The van der Waals surface area contributed by atoms with Gasteiger partial charge in [-0.2, -0.15) is 0 Å². The summed E-state index contributed by atoms with van der Waals surface area (Å²) in [6.45, 7) is 0. The zero-order chi connectivity index (χ0) is 27.4. The Balaban J connectivity index is 1.74. The van der Waals surface area contributed by atoms with Gasteiger partial charge in [-0.05, 0) is 108 Å². The molecule has 0 aliphatic carbocycles. The molecule has 8 nitrogen and oxygen atoms in total. The minimum Gasteiger partial charge on any atom is -0.508 e. The van der Waals surface area contributed by atoms with Gasteiger partial charge >= 0.3 is 0 Å². The molecule has 2 atom stereocenters. The SMILES string of the molecule is Oc1ccc(CC[C@@H](Cc2cc(O)c(O)c(O)c2)[C@H](Cc2cc(O)c(O)c(O)c2)c2ccc(O)cc2)cc1. The lowest BCUT2D eigenvalue weighted by Crippen LogP contribution is -2.19. The minimum atomic E-state index is -0.603. The Kier molecular flexibility index (Phi) is 7.71. The normalized spacial score (nSPS) is 12.7. The van der Waals surface area contributed by atoms with E-state index < -0.39 is 34.5 Å². The molecule has 0 radical (unpaired) electrons. The number of phenolic OH excluding ortho intramolecular Hbond substituents is 8. The van der Waals surface area contributed by atoms with Gasteiger partial charge in [-0.1, -0.05) is 24.3 Å². The monoisotopic (exact) mass is 518 g/mol. The van der Waals surface area contributed by atoms with Gasteiger partial charge in [0.15, 0.2) is 34.5 Å². The third kappa shape index (κ3) is 6.15. The predicted octanol–water partition coefficient (Wildman–Crippen LogP) is 5.15. The van der Waals surface area contributed by atoms with Gasteiger partial charge in [0.2, 0.25) is 0 Å². The number of hydrogen-bond donors (Lipinski definition) is 8. The molecule has 4 rings (SSSR count). The van der Waals surface area contributed by atoms with E-state index in [1.54, 1.807) is 36.4 Å². The first kappa shape index (κ1) is 26.3. The molecule has 198 valence electrons. The highest BCUT2D eigenvalue weighted by Gasteiger charge is 2.26. The van der Waals surface area contributed by atoms with Crippen molar-refractivity contribution in [3.8, 4) is 46.0 Å². The van der Waals surface area contributed by atoms with Crippen molar-refractivity contribution >= 4 is 0 Å². The van der Waals surface area contributed by atoms with Gasteiger partial charge in [-0.25, -0.2) is 0 Å². The van der Waals surface area contributed by atoms with Crippen LogP contribution in [-0.4, -0.2) is 40.9 Å². The van der Waals surface area contributed by atoms with E-state index in [0.29, 0.717) is 36.8 Å². The fourth-order valence-electron chi connectivity index (χ4n) is 4.85. The Bertz CT molecular complexity index is 1350. The number of hydrogen-bond acceptors (Lipinski definition) is 8. The molecule has 0 aromatic heterocycles. The smallest absolute Gasteiger partial charge is 0.200 e. The standard InChI is InChI=1S/C30H30O8/c31-22-7-2-17(3-8-22)1-4-21(11-18-13-25(33)29(37)26(34)14-18)24(20-5-9-23(32)10-6-20)12-19-15-27(35)30(38)28(36)16-19/h2-3,5-10,13-16,21,24,31-38H,1,4,11-12H2/t21-,24+/m0/s1. The Morgan fingerprint density at radius 1 is 0.474 bits per heavy atom. The number of aromatic hydroxyl groups is 8. The third-order valence-corrected chi connectivity index (χ3v) is 6.84. The van der Waals surface area contributed by atoms with Crippen molar-refractivity contribution < 1.29 is 40.9 Å². The van der Waals surface area contributed by atoms with Crippen LogP contribution in [0.5, 0.6) is 46.0 Å². The summed E-state index contributed by atoms with van der Waals surface area (Å²) in [6.07, 6.45) is 2.01. The van der Waals surface area contributed by atoms with Crippen molar-refractivity contribution in [3.05, 3.63) is 95.1 Å². The van der Waals surface area contributed by atoms with Gasteiger partial charge in [0.05, 0.1) is 0 Å². The van der Waals surface area contributed by atoms with Crippen molar-refractivity contribution in [2.45, 2.75) is 31.6 Å². The van der Waals surface area contributed by atoms with Crippen molar-refractivity contribution in [2.24, 2.45) is 5.92 Å². The zero-order valence-electron chi connectivity index (χ0n) is 20.5. The Morgan fingerprint density at radius 3 is 1.37 bits per heavy atom. The molecule has 8 N–H and O–H groups in total. The van der Waals surface area contributed by atoms with Crippen LogP contribution in [0.3, 0.4) is 0 Å². The van der Waals surface area contributed by atoms with Gasteiger partial charge in [0.1, 0.15) is 11.5 Å². The van der Waals surface area contributed by atoms with Crippen LogP contribution in [0.4, 0.5) is 0 Å². The largest absolute Gasteiger partial charge is 0.508 e. The average Bonchev–Trinajstić information content (AvgIpc) is 2.88. The summed E-state index contributed by atoms with van der Waals surface area (Å²) in [4.78, 5) is 0. The minimum absolute atomic E-state index is 0.0986. The summed E-state index contributed by atoms with van der Waals surface area (Å²) in [6, 6.07) is 19.2. The predicted molar refractivity (Wildman–Crippen MR) is 141 cm³/mol. The molecule has 0 heterocycles. The quantitative estimate of drug-likeness (QED) is 0.141. The van der Waals surface area contributed by atoms with E-state index in [-0.39, 0.29) is 23.3 Å². The number of phenols is 8. The molecule has 0 fully saturated rings. The topological polar surface area (TPSA) is 162 Å². The highest BCUT2D eigenvalue weighted by atomic mass is 16.3. The van der Waals surface area contributed by atoms with Gasteiger partial charge in [-0.15, -0.1) is 0 Å². The summed E-state index contributed by atoms with van der Waals surface area (Å²) in [5.41, 5.74) is 3.03. The summed E-state index contributed by atoms with van der Waals surface area (Å²) in [7, 11) is 0. The molecule has 0 saturated heterocycles. The maximum absolute atomic E-state index is 10.1. The molecule has 0 amide bonds. The second kappa shape index (κ2) is 11.1. The molecule has 0 aliphatic heterocycles. The summed E-state index contributed by atoms with van der Waals surface area (Å²) >= 11 is 0. The number of benzene rings is 4. The molecule has 4 aromatic carbocycles. The maximum Gasteiger partial charge on any atom is 0.200 e. The lowest BCUT2D eigenvalue weighted by Gasteiger charge is -2.29. The van der Waals surface area contributed by atoms with Crippen LogP contribution in [0.15, 0.2) is 72.8 Å². The first-order chi connectivity index (χ1) is 18.1. The molecule has 4 aromatic rings. The highest BCUT2D eigenvalue weighted by Crippen LogP contribution is 2.42. The van der Waals surface area contributed by atoms with Crippen LogP contribution in [0, 0.1) is 5.92 Å². The van der Waals surface area contributed by atoms with Crippen molar-refractivity contribution in [3.63, 3.8) is 0 Å². The van der Waals surface area contributed by atoms with E-state index >= 15 is 0 Å². The highest BCUT2D eigenvalue weighted by molar-refractivity contribution is 5.52. The third-order valence-electron chi connectivity index (χ3n) is 6.84. The van der Waals surface area contributed by atoms with Crippen LogP contribution in [0.25, 0.3) is 0 Å². The lowest BCUT2D eigenvalue weighted by molar-refractivity contribution is 0.359. The van der Waals surface area contributed by atoms with Crippen molar-refractivity contribution in [1.29, 1.82) is 0 Å². The molecule has 0 bridgehead atoms. The van der Waals surface area contributed by atoms with Gasteiger partial charge in [0, 0.05) is 0 Å².